The Kier molecular flexibility index (Phi) is 5.49. The number of rotatable bonds is 2. The minimum absolute atomic E-state index is 0.260. The number of carbonyl (C=O) groups excluding carboxylic acids is 3. The Hall–Kier alpha value is -3.55. The molecule has 2 aromatic rings. The molecule has 1 heterocycles. The molecule has 0 aromatic heterocycles. The molecule has 0 fully saturated rings. The number of carbonyl (C=O) groups is 3. The number of hydrogen-bond acceptors (Lipinski definition) is 5. The Morgan fingerprint density at radius 2 is 1.54 bits per heavy atom. The summed E-state index contributed by atoms with van der Waals surface area (Å²) in [7, 11) is 0. The van der Waals surface area contributed by atoms with E-state index in [-0.39, 0.29) is 12.5 Å². The van der Waals surface area contributed by atoms with E-state index in [1.54, 1.807) is 43.3 Å². The maximum absolute atomic E-state index is 13.0. The number of benzene rings is 2. The van der Waals surface area contributed by atoms with Crippen molar-refractivity contribution in [1.29, 1.82) is 0 Å². The van der Waals surface area contributed by atoms with Crippen molar-refractivity contribution >= 4 is 17.9 Å². The van der Waals surface area contributed by atoms with Gasteiger partial charge in [-0.1, -0.05) is 36.4 Å². The third kappa shape index (κ3) is 3.75. The van der Waals surface area contributed by atoms with Gasteiger partial charge in [0.15, 0.2) is 0 Å². The molecule has 1 N–H and O–H groups in total. The monoisotopic (exact) mass is 383 g/mol. The van der Waals surface area contributed by atoms with E-state index < -0.39 is 18.0 Å². The van der Waals surface area contributed by atoms with Crippen LogP contribution in [-0.4, -0.2) is 34.5 Å². The molecule has 0 saturated heterocycles. The van der Waals surface area contributed by atoms with Crippen molar-refractivity contribution in [1.82, 2.24) is 15.5 Å². The number of hydrazine groups is 1. The zero-order valence-corrected chi connectivity index (χ0v) is 15.8. The zero-order chi connectivity index (χ0) is 20.3. The molecule has 0 bridgehead atoms. The largest absolute Gasteiger partial charge is 0.457 e. The van der Waals surface area contributed by atoms with Gasteiger partial charge < -0.3 is 9.57 Å². The van der Waals surface area contributed by atoms with E-state index in [0.29, 0.717) is 22.6 Å². The van der Waals surface area contributed by atoms with Gasteiger partial charge in [-0.2, -0.15) is 0 Å². The first-order chi connectivity index (χ1) is 13.4. The van der Waals surface area contributed by atoms with Gasteiger partial charge in [0.25, 0.3) is 0 Å². The summed E-state index contributed by atoms with van der Waals surface area (Å²) < 4.78 is 5.92. The molecule has 8 nitrogen and oxygen atoms in total. The number of para-hydroxylation sites is 2. The molecule has 0 saturated carbocycles. The normalized spacial score (nSPS) is 12.1. The highest BCUT2D eigenvalue weighted by atomic mass is 16.7. The number of urea groups is 1. The predicted molar refractivity (Wildman–Crippen MR) is 100.0 cm³/mol. The van der Waals surface area contributed by atoms with E-state index in [2.05, 4.69) is 5.43 Å². The van der Waals surface area contributed by atoms with Gasteiger partial charge in [-0.05, 0) is 19.1 Å². The molecule has 0 unspecified atom stereocenters. The summed E-state index contributed by atoms with van der Waals surface area (Å²) in [5.74, 6) is 0.0963. The molecule has 0 aliphatic carbocycles. The maximum atomic E-state index is 13.0. The summed E-state index contributed by atoms with van der Waals surface area (Å²) in [5, 5.41) is 2.07. The average molecular weight is 383 g/mol. The summed E-state index contributed by atoms with van der Waals surface area (Å²) in [6.45, 7) is 4.52. The van der Waals surface area contributed by atoms with Crippen molar-refractivity contribution < 1.29 is 24.0 Å². The lowest BCUT2D eigenvalue weighted by atomic mass is 9.94. The van der Waals surface area contributed by atoms with Crippen molar-refractivity contribution in [2.24, 2.45) is 0 Å². The number of amides is 3. The fourth-order valence-corrected chi connectivity index (χ4v) is 3.03. The van der Waals surface area contributed by atoms with Crippen LogP contribution in [0.25, 0.3) is 0 Å². The molecule has 146 valence electrons. The Morgan fingerprint density at radius 3 is 2.00 bits per heavy atom. The SMILES string of the molecule is CCN(NC(=O)N(OC(C)=O)C1c2ccccc2Oc2ccccc21)C(C)=O. The number of nitrogens with zero attached hydrogens (tertiary/aromatic N) is 2. The van der Waals surface area contributed by atoms with Crippen molar-refractivity contribution in [3.05, 3.63) is 59.7 Å². The molecular formula is C20H21N3O5. The Morgan fingerprint density at radius 1 is 1.00 bits per heavy atom. The lowest BCUT2D eigenvalue weighted by Crippen LogP contribution is -2.52. The lowest BCUT2D eigenvalue weighted by molar-refractivity contribution is -0.181. The predicted octanol–water partition coefficient (Wildman–Crippen LogP) is 3.15. The number of nitrogens with one attached hydrogen (secondary N) is 1. The standard InChI is InChI=1S/C20H21N3O5/c1-4-22(13(2)24)21-20(26)23(28-14(3)25)19-15-9-5-7-11-17(15)27-18-12-8-6-10-16(18)19/h5-12,19H,4H2,1-3H3,(H,21,26). The van der Waals surface area contributed by atoms with Crippen LogP contribution in [0, 0.1) is 0 Å². The molecule has 1 aliphatic rings. The molecular weight excluding hydrogens is 362 g/mol. The topological polar surface area (TPSA) is 88.2 Å². The number of fused-ring (bicyclic) bond motifs is 2. The van der Waals surface area contributed by atoms with Gasteiger partial charge in [-0.25, -0.2) is 10.2 Å². The molecule has 0 radical (unpaired) electrons. The molecule has 28 heavy (non-hydrogen) atoms. The van der Waals surface area contributed by atoms with Crippen LogP contribution in [0.5, 0.6) is 11.5 Å². The first kappa shape index (κ1) is 19.2. The Labute approximate surface area is 162 Å². The van der Waals surface area contributed by atoms with E-state index >= 15 is 0 Å². The van der Waals surface area contributed by atoms with Crippen LogP contribution in [0.4, 0.5) is 4.79 Å². The Balaban J connectivity index is 2.06. The lowest BCUT2D eigenvalue weighted by Gasteiger charge is -2.35. The molecule has 8 heteroatoms. The van der Waals surface area contributed by atoms with E-state index in [0.717, 1.165) is 10.1 Å². The Bertz CT molecular complexity index is 869. The first-order valence-electron chi connectivity index (χ1n) is 8.84. The molecule has 3 rings (SSSR count). The van der Waals surface area contributed by atoms with Gasteiger partial charge in [-0.15, -0.1) is 5.06 Å². The van der Waals surface area contributed by atoms with Crippen molar-refractivity contribution in [3.63, 3.8) is 0 Å². The molecule has 0 atom stereocenters. The van der Waals surface area contributed by atoms with Gasteiger partial charge >= 0.3 is 12.0 Å². The summed E-state index contributed by atoms with van der Waals surface area (Å²) in [6, 6.07) is 12.9. The van der Waals surface area contributed by atoms with Crippen molar-refractivity contribution in [2.45, 2.75) is 26.8 Å². The van der Waals surface area contributed by atoms with E-state index in [9.17, 15) is 14.4 Å². The third-order valence-electron chi connectivity index (χ3n) is 4.24. The smallest absolute Gasteiger partial charge is 0.370 e. The highest BCUT2D eigenvalue weighted by Crippen LogP contribution is 2.45. The fraction of sp³-hybridized carbons (Fsp3) is 0.250. The quantitative estimate of drug-likeness (QED) is 0.805. The first-order valence-corrected chi connectivity index (χ1v) is 8.84. The third-order valence-corrected chi connectivity index (χ3v) is 4.24. The minimum atomic E-state index is -0.747. The molecule has 3 amide bonds. The zero-order valence-electron chi connectivity index (χ0n) is 15.8. The van der Waals surface area contributed by atoms with Gasteiger partial charge in [-0.3, -0.25) is 14.6 Å². The second kappa shape index (κ2) is 7.99. The van der Waals surface area contributed by atoms with E-state index in [4.69, 9.17) is 9.57 Å². The average Bonchev–Trinajstić information content (AvgIpc) is 2.68. The van der Waals surface area contributed by atoms with Crippen LogP contribution in [0.2, 0.25) is 0 Å². The highest BCUT2D eigenvalue weighted by Gasteiger charge is 2.37. The molecule has 1 aliphatic heterocycles. The van der Waals surface area contributed by atoms with E-state index in [1.807, 2.05) is 12.1 Å². The van der Waals surface area contributed by atoms with E-state index in [1.165, 1.54) is 13.8 Å². The second-order valence-corrected chi connectivity index (χ2v) is 6.17. The van der Waals surface area contributed by atoms with Crippen molar-refractivity contribution in [3.8, 4) is 11.5 Å². The minimum Gasteiger partial charge on any atom is -0.457 e. The second-order valence-electron chi connectivity index (χ2n) is 6.17. The van der Waals surface area contributed by atoms with Crippen LogP contribution < -0.4 is 10.2 Å². The van der Waals surface area contributed by atoms with Crippen LogP contribution in [-0.2, 0) is 14.4 Å². The van der Waals surface area contributed by atoms with Crippen molar-refractivity contribution in [2.75, 3.05) is 6.54 Å². The number of hydrogen-bond donors (Lipinski definition) is 1. The number of hydroxylamine groups is 2. The maximum Gasteiger partial charge on any atom is 0.370 e. The van der Waals surface area contributed by atoms with Gasteiger partial charge in [0.1, 0.15) is 17.5 Å². The van der Waals surface area contributed by atoms with Gasteiger partial charge in [0.05, 0.1) is 0 Å². The van der Waals surface area contributed by atoms with Crippen LogP contribution >= 0.6 is 0 Å². The summed E-state index contributed by atoms with van der Waals surface area (Å²) >= 11 is 0. The fourth-order valence-electron chi connectivity index (χ4n) is 3.03. The van der Waals surface area contributed by atoms with Crippen LogP contribution in [0.3, 0.4) is 0 Å². The van der Waals surface area contributed by atoms with Gasteiger partial charge in [0.2, 0.25) is 5.91 Å². The van der Waals surface area contributed by atoms with Crippen LogP contribution in [0.1, 0.15) is 37.9 Å². The summed E-state index contributed by atoms with van der Waals surface area (Å²) in [6.07, 6.45) is 0. The number of ether oxygens (including phenoxy) is 1. The molecule has 2 aromatic carbocycles. The van der Waals surface area contributed by atoms with Crippen LogP contribution in [0.15, 0.2) is 48.5 Å². The highest BCUT2D eigenvalue weighted by molar-refractivity contribution is 5.81. The summed E-state index contributed by atoms with van der Waals surface area (Å²) in [4.78, 5) is 41.7. The molecule has 0 spiro atoms. The van der Waals surface area contributed by atoms with Gasteiger partial charge in [0, 0.05) is 31.5 Å². The summed E-state index contributed by atoms with van der Waals surface area (Å²) in [5.41, 5.74) is 3.80.